The van der Waals surface area contributed by atoms with Crippen molar-refractivity contribution in [3.8, 4) is 18.0 Å². The molecule has 0 radical (unpaired) electrons. The average Bonchev–Trinajstić information content (AvgIpc) is 3.28. The summed E-state index contributed by atoms with van der Waals surface area (Å²) in [5, 5.41) is 11.9. The first-order valence-electron chi connectivity index (χ1n) is 12.3. The monoisotopic (exact) mass is 500 g/mol. The maximum Gasteiger partial charge on any atom is 0.160 e. The van der Waals surface area contributed by atoms with Crippen molar-refractivity contribution in [1.82, 2.24) is 15.1 Å². The Balaban J connectivity index is 1.91. The molecule has 1 N–H and O–H groups in total. The van der Waals surface area contributed by atoms with Gasteiger partial charge in [-0.3, -0.25) is 0 Å². The Labute approximate surface area is 219 Å². The number of terminal acetylenes is 1. The summed E-state index contributed by atoms with van der Waals surface area (Å²) in [7, 11) is -2.48. The SMILES string of the molecule is C#CCNCc1c(C)nn(-c2ccccc2)c1N=P(c1ccccc1)(c1ccccc1)c1ccccc1. The minimum atomic E-state index is -2.48. The van der Waals surface area contributed by atoms with Crippen LogP contribution in [0.3, 0.4) is 0 Å². The molecule has 1 heterocycles. The predicted octanol–water partition coefficient (Wildman–Crippen LogP) is 5.71. The Hall–Kier alpha value is -4.16. The second-order valence-electron chi connectivity index (χ2n) is 8.68. The number of nitrogens with zero attached hydrogens (tertiary/aromatic N) is 3. The fourth-order valence-corrected chi connectivity index (χ4v) is 8.10. The molecular weight excluding hydrogens is 471 g/mol. The van der Waals surface area contributed by atoms with Gasteiger partial charge in [0.15, 0.2) is 5.82 Å². The molecule has 0 aliphatic rings. The molecule has 5 rings (SSSR count). The first-order chi connectivity index (χ1) is 18.2. The van der Waals surface area contributed by atoms with Crippen LogP contribution in [0.5, 0.6) is 0 Å². The van der Waals surface area contributed by atoms with E-state index in [-0.39, 0.29) is 0 Å². The predicted molar refractivity (Wildman–Crippen MR) is 156 cm³/mol. The van der Waals surface area contributed by atoms with Crippen molar-refractivity contribution in [1.29, 1.82) is 0 Å². The smallest absolute Gasteiger partial charge is 0.160 e. The first-order valence-corrected chi connectivity index (χ1v) is 14.1. The van der Waals surface area contributed by atoms with E-state index < -0.39 is 7.05 Å². The number of hydrogen-bond acceptors (Lipinski definition) is 3. The molecule has 0 spiro atoms. The van der Waals surface area contributed by atoms with Crippen molar-refractivity contribution < 1.29 is 0 Å². The van der Waals surface area contributed by atoms with Gasteiger partial charge in [-0.05, 0) is 19.1 Å². The summed E-state index contributed by atoms with van der Waals surface area (Å²) in [6, 6.07) is 42.2. The summed E-state index contributed by atoms with van der Waals surface area (Å²) in [6.07, 6.45) is 5.54. The molecule has 0 unspecified atom stereocenters. The van der Waals surface area contributed by atoms with Crippen molar-refractivity contribution in [2.45, 2.75) is 13.5 Å². The minimum absolute atomic E-state index is 0.478. The molecule has 0 atom stereocenters. The van der Waals surface area contributed by atoms with Crippen molar-refractivity contribution in [2.75, 3.05) is 6.54 Å². The number of aromatic nitrogens is 2. The van der Waals surface area contributed by atoms with Gasteiger partial charge in [0.05, 0.1) is 25.0 Å². The van der Waals surface area contributed by atoms with Crippen LogP contribution in [0.2, 0.25) is 0 Å². The zero-order chi connectivity index (χ0) is 25.5. The number of rotatable bonds is 8. The Morgan fingerprint density at radius 3 is 1.68 bits per heavy atom. The number of hydrogen-bond donors (Lipinski definition) is 1. The lowest BCUT2D eigenvalue weighted by atomic mass is 10.2. The first kappa shape index (κ1) is 24.5. The highest BCUT2D eigenvalue weighted by atomic mass is 31.2. The van der Waals surface area contributed by atoms with Gasteiger partial charge < -0.3 is 5.32 Å². The lowest BCUT2D eigenvalue weighted by Crippen LogP contribution is -2.25. The van der Waals surface area contributed by atoms with Crippen LogP contribution in [0.25, 0.3) is 5.69 Å². The molecule has 0 aliphatic heterocycles. The van der Waals surface area contributed by atoms with Gasteiger partial charge >= 0.3 is 0 Å². The molecule has 0 saturated carbocycles. The lowest BCUT2D eigenvalue weighted by molar-refractivity contribution is 0.767. The lowest BCUT2D eigenvalue weighted by Gasteiger charge is -2.27. The summed E-state index contributed by atoms with van der Waals surface area (Å²) in [5.41, 5.74) is 2.95. The Bertz CT molecular complexity index is 1450. The van der Waals surface area contributed by atoms with Gasteiger partial charge in [0, 0.05) is 28.0 Å². The van der Waals surface area contributed by atoms with E-state index in [4.69, 9.17) is 16.3 Å². The van der Waals surface area contributed by atoms with Crippen LogP contribution in [0.15, 0.2) is 126 Å². The Morgan fingerprint density at radius 2 is 1.22 bits per heavy atom. The van der Waals surface area contributed by atoms with E-state index in [0.717, 1.165) is 22.8 Å². The van der Waals surface area contributed by atoms with Crippen LogP contribution in [-0.2, 0) is 6.54 Å². The molecule has 0 bridgehead atoms. The molecule has 5 heteroatoms. The molecular formula is C32H29N4P. The van der Waals surface area contributed by atoms with Crippen LogP contribution >= 0.6 is 7.05 Å². The van der Waals surface area contributed by atoms with Crippen LogP contribution in [0.1, 0.15) is 11.3 Å². The van der Waals surface area contributed by atoms with E-state index in [1.807, 2.05) is 29.8 Å². The number of aryl methyl sites for hydroxylation is 1. The number of para-hydroxylation sites is 1. The molecule has 4 nitrogen and oxygen atoms in total. The van der Waals surface area contributed by atoms with Gasteiger partial charge in [-0.25, -0.2) is 9.43 Å². The molecule has 0 amide bonds. The van der Waals surface area contributed by atoms with Gasteiger partial charge in [0.1, 0.15) is 0 Å². The minimum Gasteiger partial charge on any atom is -0.302 e. The molecule has 0 saturated heterocycles. The zero-order valence-corrected chi connectivity index (χ0v) is 21.7. The quantitative estimate of drug-likeness (QED) is 0.168. The van der Waals surface area contributed by atoms with E-state index >= 15 is 0 Å². The van der Waals surface area contributed by atoms with Crippen molar-refractivity contribution in [3.63, 3.8) is 0 Å². The highest BCUT2D eigenvalue weighted by Gasteiger charge is 2.29. The highest BCUT2D eigenvalue weighted by Crippen LogP contribution is 2.50. The van der Waals surface area contributed by atoms with Crippen molar-refractivity contribution in [3.05, 3.63) is 133 Å². The summed E-state index contributed by atoms with van der Waals surface area (Å²) >= 11 is 0. The summed E-state index contributed by atoms with van der Waals surface area (Å²) in [4.78, 5) is 0. The van der Waals surface area contributed by atoms with Gasteiger partial charge in [0.2, 0.25) is 0 Å². The zero-order valence-electron chi connectivity index (χ0n) is 20.8. The normalized spacial score (nSPS) is 11.1. The van der Waals surface area contributed by atoms with E-state index in [1.165, 1.54) is 15.9 Å². The third-order valence-corrected chi connectivity index (χ3v) is 9.95. The molecule has 5 aromatic rings. The Morgan fingerprint density at radius 1 is 0.757 bits per heavy atom. The maximum atomic E-state index is 5.80. The molecule has 4 aromatic carbocycles. The van der Waals surface area contributed by atoms with Gasteiger partial charge in [-0.1, -0.05) is 115 Å². The third-order valence-electron chi connectivity index (χ3n) is 6.32. The third kappa shape index (κ3) is 4.93. The van der Waals surface area contributed by atoms with E-state index in [0.29, 0.717) is 13.1 Å². The van der Waals surface area contributed by atoms with Gasteiger partial charge in [-0.2, -0.15) is 5.10 Å². The summed E-state index contributed by atoms with van der Waals surface area (Å²) in [6.45, 7) is 3.10. The number of benzene rings is 4. The fourth-order valence-electron chi connectivity index (χ4n) is 4.56. The van der Waals surface area contributed by atoms with Crippen molar-refractivity contribution >= 4 is 28.8 Å². The second kappa shape index (κ2) is 11.3. The van der Waals surface area contributed by atoms with Crippen LogP contribution in [-0.4, -0.2) is 16.3 Å². The Kier molecular flexibility index (Phi) is 7.47. The van der Waals surface area contributed by atoms with Gasteiger partial charge in [-0.15, -0.1) is 6.42 Å². The van der Waals surface area contributed by atoms with E-state index in [1.54, 1.807) is 0 Å². The molecule has 0 fully saturated rings. The standard InChI is InChI=1S/C32H29N4P/c1-3-24-33-25-31-26(2)34-36(27-16-8-4-9-17-27)32(31)35-37(28-18-10-5-11-19-28,29-20-12-6-13-21-29)30-22-14-7-15-23-30/h1,4-23,33H,24-25H2,2H3. The van der Waals surface area contributed by atoms with Gasteiger partial charge in [0.25, 0.3) is 0 Å². The highest BCUT2D eigenvalue weighted by molar-refractivity contribution is 7.87. The van der Waals surface area contributed by atoms with Crippen molar-refractivity contribution in [2.24, 2.45) is 4.74 Å². The van der Waals surface area contributed by atoms with Crippen LogP contribution in [0.4, 0.5) is 5.82 Å². The largest absolute Gasteiger partial charge is 0.302 e. The molecule has 182 valence electrons. The van der Waals surface area contributed by atoms with E-state index in [2.05, 4.69) is 114 Å². The topological polar surface area (TPSA) is 42.2 Å². The second-order valence-corrected chi connectivity index (χ2v) is 11.7. The van der Waals surface area contributed by atoms with E-state index in [9.17, 15) is 0 Å². The summed E-state index contributed by atoms with van der Waals surface area (Å²) < 4.78 is 7.77. The number of nitrogens with one attached hydrogen (secondary N) is 1. The van der Waals surface area contributed by atoms with Crippen LogP contribution < -0.4 is 21.2 Å². The molecule has 1 aromatic heterocycles. The molecule has 37 heavy (non-hydrogen) atoms. The summed E-state index contributed by atoms with van der Waals surface area (Å²) in [5.74, 6) is 3.52. The average molecular weight is 501 g/mol. The maximum absolute atomic E-state index is 5.80. The van der Waals surface area contributed by atoms with Crippen LogP contribution in [0, 0.1) is 19.3 Å². The molecule has 0 aliphatic carbocycles. The fraction of sp³-hybridized carbons (Fsp3) is 0.0938.